The molecule has 0 aliphatic rings. The Balaban J connectivity index is 2.27. The molecule has 0 bridgehead atoms. The van der Waals surface area contributed by atoms with Gasteiger partial charge >= 0.3 is 0 Å². The molecule has 0 saturated carbocycles. The summed E-state index contributed by atoms with van der Waals surface area (Å²) in [5.41, 5.74) is 1.04. The molecule has 16 heavy (non-hydrogen) atoms. The lowest BCUT2D eigenvalue weighted by Crippen LogP contribution is -2.12. The molecule has 0 spiro atoms. The third-order valence-electron chi connectivity index (χ3n) is 1.94. The largest absolute Gasteiger partial charge is 0.382 e. The van der Waals surface area contributed by atoms with Gasteiger partial charge in [-0.05, 0) is 40.0 Å². The van der Waals surface area contributed by atoms with Crippen LogP contribution in [0.2, 0.25) is 5.02 Å². The third-order valence-corrected chi connectivity index (χ3v) is 2.84. The van der Waals surface area contributed by atoms with E-state index in [1.807, 2.05) is 18.2 Å². The highest BCUT2D eigenvalue weighted by atomic mass is 79.9. The van der Waals surface area contributed by atoms with Crippen LogP contribution >= 0.6 is 27.5 Å². The average molecular weight is 307 g/mol. The number of hydrogen-bond donors (Lipinski definition) is 1. The van der Waals surface area contributed by atoms with Crippen molar-refractivity contribution in [2.45, 2.75) is 13.8 Å². The molecular formula is C12H17BrClNO. The van der Waals surface area contributed by atoms with E-state index >= 15 is 0 Å². The molecule has 0 fully saturated rings. The van der Waals surface area contributed by atoms with Crippen molar-refractivity contribution in [3.63, 3.8) is 0 Å². The molecule has 0 radical (unpaired) electrons. The van der Waals surface area contributed by atoms with Crippen LogP contribution in [0.15, 0.2) is 22.7 Å². The Morgan fingerprint density at radius 2 is 2.19 bits per heavy atom. The Morgan fingerprint density at radius 3 is 2.81 bits per heavy atom. The average Bonchev–Trinajstić information content (AvgIpc) is 2.20. The van der Waals surface area contributed by atoms with E-state index < -0.39 is 0 Å². The first-order valence-corrected chi connectivity index (χ1v) is 6.53. The predicted octanol–water partition coefficient (Wildman–Crippen LogP) is 4.19. The van der Waals surface area contributed by atoms with E-state index in [0.29, 0.717) is 12.5 Å². The van der Waals surface area contributed by atoms with Gasteiger partial charge in [0.1, 0.15) is 0 Å². The molecule has 0 saturated heterocycles. The Bertz CT molecular complexity index is 331. The summed E-state index contributed by atoms with van der Waals surface area (Å²) in [7, 11) is 0. The van der Waals surface area contributed by atoms with Crippen LogP contribution < -0.4 is 5.32 Å². The minimum Gasteiger partial charge on any atom is -0.382 e. The lowest BCUT2D eigenvalue weighted by atomic mass is 10.2. The molecule has 0 amide bonds. The number of ether oxygens (including phenoxy) is 1. The Labute approximate surface area is 110 Å². The molecule has 1 N–H and O–H groups in total. The zero-order valence-corrected chi connectivity index (χ0v) is 11.9. The summed E-state index contributed by atoms with van der Waals surface area (Å²) in [6.45, 7) is 6.61. The quantitative estimate of drug-likeness (QED) is 0.796. The van der Waals surface area contributed by atoms with Crippen molar-refractivity contribution in [3.05, 3.63) is 27.7 Å². The second kappa shape index (κ2) is 7.15. The second-order valence-corrected chi connectivity index (χ2v) is 5.31. The fourth-order valence-electron chi connectivity index (χ4n) is 1.21. The van der Waals surface area contributed by atoms with Crippen LogP contribution in [0, 0.1) is 5.92 Å². The van der Waals surface area contributed by atoms with Gasteiger partial charge in [0.25, 0.3) is 0 Å². The van der Waals surface area contributed by atoms with Gasteiger partial charge in [-0.2, -0.15) is 0 Å². The van der Waals surface area contributed by atoms with E-state index in [4.69, 9.17) is 16.3 Å². The van der Waals surface area contributed by atoms with Crippen molar-refractivity contribution >= 4 is 33.2 Å². The van der Waals surface area contributed by atoms with Gasteiger partial charge in [0.2, 0.25) is 0 Å². The van der Waals surface area contributed by atoms with Crippen molar-refractivity contribution in [1.29, 1.82) is 0 Å². The molecule has 0 unspecified atom stereocenters. The van der Waals surface area contributed by atoms with Gasteiger partial charge in [-0.25, -0.2) is 0 Å². The zero-order valence-electron chi connectivity index (χ0n) is 9.59. The van der Waals surface area contributed by atoms with Crippen molar-refractivity contribution in [2.75, 3.05) is 25.1 Å². The number of halogens is 2. The Morgan fingerprint density at radius 1 is 1.44 bits per heavy atom. The monoisotopic (exact) mass is 305 g/mol. The second-order valence-electron chi connectivity index (χ2n) is 4.02. The first-order chi connectivity index (χ1) is 7.59. The summed E-state index contributed by atoms with van der Waals surface area (Å²) in [5.74, 6) is 0.585. The van der Waals surface area contributed by atoms with Crippen LogP contribution in [0.5, 0.6) is 0 Å². The molecule has 0 atom stereocenters. The first kappa shape index (κ1) is 13.8. The maximum absolute atomic E-state index is 5.85. The molecule has 0 aliphatic heterocycles. The Hall–Kier alpha value is -0.250. The standard InChI is InChI=1S/C12H17BrClNO/c1-9(2)8-16-6-5-15-12-4-3-10(14)7-11(12)13/h3-4,7,9,15H,5-6,8H2,1-2H3. The number of nitrogens with one attached hydrogen (secondary N) is 1. The van der Waals surface area contributed by atoms with Crippen molar-refractivity contribution in [3.8, 4) is 0 Å². The number of anilines is 1. The fourth-order valence-corrected chi connectivity index (χ4v) is 2.03. The first-order valence-electron chi connectivity index (χ1n) is 5.36. The van der Waals surface area contributed by atoms with Crippen molar-refractivity contribution in [2.24, 2.45) is 5.92 Å². The van der Waals surface area contributed by atoms with E-state index in [-0.39, 0.29) is 0 Å². The number of rotatable bonds is 6. The van der Waals surface area contributed by atoms with Gasteiger partial charge < -0.3 is 10.1 Å². The zero-order chi connectivity index (χ0) is 12.0. The van der Waals surface area contributed by atoms with Crippen LogP contribution in [0.4, 0.5) is 5.69 Å². The van der Waals surface area contributed by atoms with Crippen molar-refractivity contribution < 1.29 is 4.74 Å². The highest BCUT2D eigenvalue weighted by Crippen LogP contribution is 2.25. The van der Waals surface area contributed by atoms with Crippen LogP contribution in [0.1, 0.15) is 13.8 Å². The Kier molecular flexibility index (Phi) is 6.17. The highest BCUT2D eigenvalue weighted by molar-refractivity contribution is 9.10. The van der Waals surface area contributed by atoms with E-state index in [9.17, 15) is 0 Å². The van der Waals surface area contributed by atoms with E-state index in [2.05, 4.69) is 35.1 Å². The SMILES string of the molecule is CC(C)COCCNc1ccc(Cl)cc1Br. The van der Waals surface area contributed by atoms with Crippen LogP contribution in [-0.4, -0.2) is 19.8 Å². The molecule has 0 aliphatic carbocycles. The summed E-state index contributed by atoms with van der Waals surface area (Å²) in [6.07, 6.45) is 0. The molecule has 90 valence electrons. The van der Waals surface area contributed by atoms with Crippen LogP contribution in [0.25, 0.3) is 0 Å². The summed E-state index contributed by atoms with van der Waals surface area (Å²) >= 11 is 9.30. The van der Waals surface area contributed by atoms with Gasteiger partial charge in [0, 0.05) is 28.3 Å². The minimum atomic E-state index is 0.585. The van der Waals surface area contributed by atoms with E-state index in [0.717, 1.165) is 28.3 Å². The van der Waals surface area contributed by atoms with Crippen molar-refractivity contribution in [1.82, 2.24) is 0 Å². The third kappa shape index (κ3) is 5.19. The molecule has 1 rings (SSSR count). The van der Waals surface area contributed by atoms with E-state index in [1.165, 1.54) is 0 Å². The normalized spacial score (nSPS) is 10.8. The molecule has 2 nitrogen and oxygen atoms in total. The highest BCUT2D eigenvalue weighted by Gasteiger charge is 1.99. The molecule has 1 aromatic carbocycles. The molecule has 1 aromatic rings. The molecule has 4 heteroatoms. The molecule has 0 aromatic heterocycles. The van der Waals surface area contributed by atoms with Gasteiger partial charge in [-0.1, -0.05) is 25.4 Å². The summed E-state index contributed by atoms with van der Waals surface area (Å²) in [4.78, 5) is 0. The summed E-state index contributed by atoms with van der Waals surface area (Å²) in [5, 5.41) is 4.01. The molecular weight excluding hydrogens is 289 g/mol. The summed E-state index contributed by atoms with van der Waals surface area (Å²) in [6, 6.07) is 5.69. The van der Waals surface area contributed by atoms with Gasteiger partial charge in [-0.3, -0.25) is 0 Å². The molecule has 0 heterocycles. The topological polar surface area (TPSA) is 21.3 Å². The number of hydrogen-bond acceptors (Lipinski definition) is 2. The smallest absolute Gasteiger partial charge is 0.0639 e. The predicted molar refractivity (Wildman–Crippen MR) is 73.3 cm³/mol. The van der Waals surface area contributed by atoms with Crippen LogP contribution in [-0.2, 0) is 4.74 Å². The lowest BCUT2D eigenvalue weighted by Gasteiger charge is -2.10. The lowest BCUT2D eigenvalue weighted by molar-refractivity contribution is 0.118. The minimum absolute atomic E-state index is 0.585. The maximum Gasteiger partial charge on any atom is 0.0639 e. The van der Waals surface area contributed by atoms with Crippen LogP contribution in [0.3, 0.4) is 0 Å². The maximum atomic E-state index is 5.85. The summed E-state index contributed by atoms with van der Waals surface area (Å²) < 4.78 is 6.45. The number of benzene rings is 1. The van der Waals surface area contributed by atoms with E-state index in [1.54, 1.807) is 0 Å². The van der Waals surface area contributed by atoms with Gasteiger partial charge in [-0.15, -0.1) is 0 Å². The van der Waals surface area contributed by atoms with Gasteiger partial charge in [0.15, 0.2) is 0 Å². The fraction of sp³-hybridized carbons (Fsp3) is 0.500. The van der Waals surface area contributed by atoms with Gasteiger partial charge in [0.05, 0.1) is 6.61 Å².